The van der Waals surface area contributed by atoms with Crippen molar-refractivity contribution in [3.8, 4) is 11.4 Å². The lowest BCUT2D eigenvalue weighted by atomic mass is 10.1. The summed E-state index contributed by atoms with van der Waals surface area (Å²) in [7, 11) is 0. The molecule has 0 saturated heterocycles. The average Bonchev–Trinajstić information content (AvgIpc) is 3.71. The Balaban J connectivity index is 0.000000191. The van der Waals surface area contributed by atoms with Crippen molar-refractivity contribution in [1.29, 1.82) is 0 Å². The minimum atomic E-state index is -0.479. The van der Waals surface area contributed by atoms with E-state index >= 15 is 0 Å². The van der Waals surface area contributed by atoms with Gasteiger partial charge in [0.15, 0.2) is 11.9 Å². The van der Waals surface area contributed by atoms with Crippen molar-refractivity contribution in [2.75, 3.05) is 0 Å². The van der Waals surface area contributed by atoms with E-state index in [2.05, 4.69) is 37.1 Å². The van der Waals surface area contributed by atoms with Crippen LogP contribution in [0.25, 0.3) is 33.2 Å². The fourth-order valence-corrected chi connectivity index (χ4v) is 5.42. The molecule has 6 aromatic rings. The van der Waals surface area contributed by atoms with Gasteiger partial charge in [-0.2, -0.15) is 20.2 Å². The van der Waals surface area contributed by atoms with Gasteiger partial charge >= 0.3 is 0 Å². The van der Waals surface area contributed by atoms with E-state index in [1.54, 1.807) is 21.8 Å². The van der Waals surface area contributed by atoms with Gasteiger partial charge < -0.3 is 22.9 Å². The van der Waals surface area contributed by atoms with E-state index < -0.39 is 11.8 Å². The number of rotatable bonds is 9. The summed E-state index contributed by atoms with van der Waals surface area (Å²) in [4.78, 5) is 40.5. The van der Waals surface area contributed by atoms with Crippen LogP contribution in [0.2, 0.25) is 0 Å². The van der Waals surface area contributed by atoms with Crippen molar-refractivity contribution >= 4 is 45.5 Å². The van der Waals surface area contributed by atoms with Crippen molar-refractivity contribution in [3.63, 3.8) is 0 Å². The van der Waals surface area contributed by atoms with Gasteiger partial charge in [0.25, 0.3) is 11.8 Å². The highest BCUT2D eigenvalue weighted by Crippen LogP contribution is 2.25. The van der Waals surface area contributed by atoms with Crippen LogP contribution in [0.3, 0.4) is 0 Å². The van der Waals surface area contributed by atoms with Crippen LogP contribution in [0.15, 0.2) is 95.4 Å². The summed E-state index contributed by atoms with van der Waals surface area (Å²) in [5.41, 5.74) is 27.2. The molecule has 49 heavy (non-hydrogen) atoms. The predicted octanol–water partition coefficient (Wildman–Crippen LogP) is 3.96. The van der Waals surface area contributed by atoms with Crippen LogP contribution >= 0.6 is 0 Å². The van der Waals surface area contributed by atoms with Crippen molar-refractivity contribution in [2.45, 2.75) is 46.0 Å². The van der Waals surface area contributed by atoms with Crippen molar-refractivity contribution < 1.29 is 9.59 Å². The number of guanidine groups is 2. The number of fused-ring (bicyclic) bond motifs is 2. The van der Waals surface area contributed by atoms with Crippen molar-refractivity contribution in [1.82, 2.24) is 29.5 Å². The second kappa shape index (κ2) is 15.4. The molecule has 0 aliphatic rings. The second-order valence-corrected chi connectivity index (χ2v) is 11.1. The van der Waals surface area contributed by atoms with E-state index in [4.69, 9.17) is 22.9 Å². The zero-order chi connectivity index (χ0) is 34.9. The van der Waals surface area contributed by atoms with Crippen molar-refractivity contribution in [2.24, 2.45) is 32.9 Å². The number of amides is 2. The topological polar surface area (TPSA) is 224 Å². The Morgan fingerprint density at radius 1 is 0.694 bits per heavy atom. The molecule has 2 aromatic carbocycles. The largest absolute Gasteiger partial charge is 0.370 e. The predicted molar refractivity (Wildman–Crippen MR) is 191 cm³/mol. The maximum Gasteiger partial charge on any atom is 0.283 e. The van der Waals surface area contributed by atoms with E-state index in [-0.39, 0.29) is 11.9 Å². The van der Waals surface area contributed by atoms with E-state index in [1.807, 2.05) is 67.6 Å². The molecule has 4 heterocycles. The summed E-state index contributed by atoms with van der Waals surface area (Å²) in [6.07, 6.45) is 10.7. The normalized spacial score (nSPS) is 10.7. The number of nitrogens with two attached hydrogens (primary N) is 4. The third kappa shape index (κ3) is 7.76. The summed E-state index contributed by atoms with van der Waals surface area (Å²) in [5.74, 6) is -1.47. The molecule has 2 amide bonds. The molecule has 0 saturated carbocycles. The number of carbonyl (C=O) groups is 2. The Bertz CT molecular complexity index is 2170. The second-order valence-electron chi connectivity index (χ2n) is 11.1. The quantitative estimate of drug-likeness (QED) is 0.129. The first-order valence-corrected chi connectivity index (χ1v) is 15.8. The van der Waals surface area contributed by atoms with Gasteiger partial charge in [0.05, 0.1) is 57.3 Å². The van der Waals surface area contributed by atoms with E-state index in [1.165, 1.54) is 12.4 Å². The number of hydrogen-bond donors (Lipinski definition) is 4. The van der Waals surface area contributed by atoms with Gasteiger partial charge in [0.1, 0.15) is 0 Å². The maximum atomic E-state index is 12.3. The molecule has 8 N–H and O–H groups in total. The first kappa shape index (κ1) is 33.9. The number of nitrogens with zero attached hydrogens (tertiary/aromatic N) is 8. The van der Waals surface area contributed by atoms with Crippen LogP contribution in [0.1, 0.15) is 65.2 Å². The van der Waals surface area contributed by atoms with Gasteiger partial charge in [0, 0.05) is 23.2 Å². The Labute approximate surface area is 282 Å². The van der Waals surface area contributed by atoms with Crippen LogP contribution in [0.5, 0.6) is 0 Å². The molecule has 0 bridgehead atoms. The molecule has 4 aromatic heterocycles. The molecule has 14 heteroatoms. The van der Waals surface area contributed by atoms with Gasteiger partial charge in [-0.05, 0) is 67.8 Å². The number of benzene rings is 2. The Morgan fingerprint density at radius 2 is 1.33 bits per heavy atom. The van der Waals surface area contributed by atoms with Gasteiger partial charge in [-0.1, -0.05) is 38.8 Å². The smallest absolute Gasteiger partial charge is 0.283 e. The molecule has 6 rings (SSSR count). The Kier molecular flexibility index (Phi) is 10.7. The maximum absolute atomic E-state index is 12.3. The van der Waals surface area contributed by atoms with Crippen LogP contribution in [0.4, 0.5) is 0 Å². The summed E-state index contributed by atoms with van der Waals surface area (Å²) in [6.45, 7) is 4.14. The zero-order valence-electron chi connectivity index (χ0n) is 27.3. The molecular formula is C35H38N12O2. The van der Waals surface area contributed by atoms with Crippen LogP contribution < -0.4 is 22.9 Å². The fourth-order valence-electron chi connectivity index (χ4n) is 5.42. The number of carbonyl (C=O) groups excluding carboxylic acids is 2. The summed E-state index contributed by atoms with van der Waals surface area (Å²) in [6, 6.07) is 19.4. The number of hydrogen-bond acceptors (Lipinski definition) is 6. The summed E-state index contributed by atoms with van der Waals surface area (Å²) < 4.78 is 3.54. The SMILES string of the molecule is CCCCc1c(C(=O)N=C(N)N)cnn1-c1cccc2ncccc12.CCCc1c(C(=O)N=C(N)N)cnn1-c1ccc2ncccc2c1. The molecule has 250 valence electrons. The molecule has 14 nitrogen and oxygen atoms in total. The third-order valence-corrected chi connectivity index (χ3v) is 7.60. The zero-order valence-corrected chi connectivity index (χ0v) is 27.3. The lowest BCUT2D eigenvalue weighted by Crippen LogP contribution is -2.24. The standard InChI is InChI=1S/C18H20N6O.C17H18N6O/c1-2-3-8-16-13(17(25)23-18(19)20)11-22-24(16)15-9-4-7-14-12(15)6-5-10-21-14;1-2-4-15-13(16(24)22-17(18)19)10-21-23(15)12-6-7-14-11(9-12)5-3-8-20-14/h4-7,9-11H,2-3,8H2,1H3,(H4,19,20,23,25);3,5-10H,2,4H2,1H3,(H4,18,19,22,24). The number of unbranched alkanes of at least 4 members (excludes halogenated alkanes) is 1. The van der Waals surface area contributed by atoms with E-state index in [0.29, 0.717) is 24.0 Å². The molecule has 0 radical (unpaired) electrons. The molecule has 0 aliphatic heterocycles. The molecular weight excluding hydrogens is 620 g/mol. The van der Waals surface area contributed by atoms with E-state index in [9.17, 15) is 9.59 Å². The monoisotopic (exact) mass is 658 g/mol. The summed E-state index contributed by atoms with van der Waals surface area (Å²) >= 11 is 0. The van der Waals surface area contributed by atoms with Crippen molar-refractivity contribution in [3.05, 3.63) is 108 Å². The average molecular weight is 659 g/mol. The minimum Gasteiger partial charge on any atom is -0.370 e. The van der Waals surface area contributed by atoms with Crippen LogP contribution in [0, 0.1) is 0 Å². The van der Waals surface area contributed by atoms with Gasteiger partial charge in [-0.25, -0.2) is 9.36 Å². The van der Waals surface area contributed by atoms with Gasteiger partial charge in [-0.3, -0.25) is 19.6 Å². The first-order valence-electron chi connectivity index (χ1n) is 15.8. The molecule has 0 aliphatic carbocycles. The molecule has 0 fully saturated rings. The molecule has 0 atom stereocenters. The molecule has 0 spiro atoms. The number of aliphatic imine (C=N–C) groups is 2. The lowest BCUT2D eigenvalue weighted by Gasteiger charge is -2.11. The molecule has 0 unspecified atom stereocenters. The highest BCUT2D eigenvalue weighted by molar-refractivity contribution is 6.03. The Hall–Kier alpha value is -6.44. The Morgan fingerprint density at radius 3 is 1.98 bits per heavy atom. The number of aromatic nitrogens is 6. The summed E-state index contributed by atoms with van der Waals surface area (Å²) in [5, 5.41) is 10.8. The third-order valence-electron chi connectivity index (χ3n) is 7.60. The highest BCUT2D eigenvalue weighted by Gasteiger charge is 2.20. The first-order chi connectivity index (χ1) is 23.7. The fraction of sp³-hybridized carbons (Fsp3) is 0.200. The van der Waals surface area contributed by atoms with Crippen LogP contribution in [-0.2, 0) is 12.8 Å². The van der Waals surface area contributed by atoms with Gasteiger partial charge in [0.2, 0.25) is 0 Å². The van der Waals surface area contributed by atoms with Gasteiger partial charge in [-0.15, -0.1) is 0 Å². The van der Waals surface area contributed by atoms with Crippen LogP contribution in [-0.4, -0.2) is 53.3 Å². The van der Waals surface area contributed by atoms with E-state index in [0.717, 1.165) is 63.8 Å². The minimum absolute atomic E-state index is 0.256. The highest BCUT2D eigenvalue weighted by atomic mass is 16.2. The number of pyridine rings is 2. The lowest BCUT2D eigenvalue weighted by molar-refractivity contribution is 0.0993.